The highest BCUT2D eigenvalue weighted by atomic mass is 32.1. The van der Waals surface area contributed by atoms with E-state index in [1.165, 1.54) is 16.0 Å². The van der Waals surface area contributed by atoms with Crippen LogP contribution in [0.2, 0.25) is 0 Å². The number of nitrogens with zero attached hydrogens (tertiary/aromatic N) is 3. The molecule has 7 heteroatoms. The molecule has 5 aromatic rings. The molecule has 3 aromatic carbocycles. The Morgan fingerprint density at radius 1 is 1.00 bits per heavy atom. The normalized spacial score (nSPS) is 11.1. The number of carbonyl (C=O) groups is 1. The Hall–Kier alpha value is -3.84. The highest BCUT2D eigenvalue weighted by molar-refractivity contribution is 7.22. The van der Waals surface area contributed by atoms with Crippen LogP contribution in [0.15, 0.2) is 77.6 Å². The van der Waals surface area contributed by atoms with Gasteiger partial charge in [-0.15, -0.1) is 0 Å². The van der Waals surface area contributed by atoms with Crippen molar-refractivity contribution in [1.82, 2.24) is 14.8 Å². The average Bonchev–Trinajstić information content (AvgIpc) is 3.17. The van der Waals surface area contributed by atoms with E-state index in [1.54, 1.807) is 24.3 Å². The molecule has 0 aliphatic rings. The van der Waals surface area contributed by atoms with Gasteiger partial charge in [-0.3, -0.25) is 14.9 Å². The number of hydrogen-bond acceptors (Lipinski definition) is 5. The van der Waals surface area contributed by atoms with Gasteiger partial charge in [0.1, 0.15) is 0 Å². The predicted molar refractivity (Wildman–Crippen MR) is 124 cm³/mol. The number of fused-ring (bicyclic) bond motifs is 2. The van der Waals surface area contributed by atoms with Crippen LogP contribution in [-0.2, 0) is 6.54 Å². The third-order valence-electron chi connectivity index (χ3n) is 5.02. The molecule has 2 aromatic heterocycles. The molecule has 0 atom stereocenters. The van der Waals surface area contributed by atoms with E-state index in [9.17, 15) is 9.59 Å². The zero-order chi connectivity index (χ0) is 21.4. The number of anilines is 1. The number of aryl methyl sites for hydroxylation is 1. The summed E-state index contributed by atoms with van der Waals surface area (Å²) in [6, 6.07) is 22.6. The number of benzene rings is 3. The van der Waals surface area contributed by atoms with Gasteiger partial charge in [0.25, 0.3) is 11.5 Å². The lowest BCUT2D eigenvalue weighted by Crippen LogP contribution is -2.28. The van der Waals surface area contributed by atoms with E-state index in [-0.39, 0.29) is 17.8 Å². The molecular weight excluding hydrogens is 408 g/mol. The molecule has 0 fully saturated rings. The summed E-state index contributed by atoms with van der Waals surface area (Å²) in [5.74, 6) is -0.395. The molecule has 0 saturated carbocycles. The van der Waals surface area contributed by atoms with Gasteiger partial charge in [0.2, 0.25) is 0 Å². The van der Waals surface area contributed by atoms with Crippen LogP contribution in [0.4, 0.5) is 5.13 Å². The van der Waals surface area contributed by atoms with Gasteiger partial charge in [-0.1, -0.05) is 65.9 Å². The minimum absolute atomic E-state index is 0.196. The summed E-state index contributed by atoms with van der Waals surface area (Å²) in [4.78, 5) is 30.6. The van der Waals surface area contributed by atoms with Crippen molar-refractivity contribution >= 4 is 43.4 Å². The van der Waals surface area contributed by atoms with Crippen LogP contribution in [0, 0.1) is 6.92 Å². The van der Waals surface area contributed by atoms with Gasteiger partial charge in [0, 0.05) is 5.39 Å². The van der Waals surface area contributed by atoms with Gasteiger partial charge >= 0.3 is 0 Å². The van der Waals surface area contributed by atoms with Gasteiger partial charge in [0.05, 0.1) is 22.1 Å². The van der Waals surface area contributed by atoms with E-state index in [0.717, 1.165) is 21.3 Å². The predicted octanol–water partition coefficient (Wildman–Crippen LogP) is 4.62. The van der Waals surface area contributed by atoms with E-state index in [0.29, 0.717) is 15.9 Å². The summed E-state index contributed by atoms with van der Waals surface area (Å²) in [5, 5.41) is 8.76. The van der Waals surface area contributed by atoms with Crippen LogP contribution in [0.1, 0.15) is 21.6 Å². The molecule has 0 radical (unpaired) electrons. The van der Waals surface area contributed by atoms with Crippen molar-refractivity contribution in [3.63, 3.8) is 0 Å². The van der Waals surface area contributed by atoms with Crippen molar-refractivity contribution in [2.75, 3.05) is 5.32 Å². The number of aromatic nitrogens is 3. The SMILES string of the molecule is Cc1ccc2nc(NC(=O)c3nn(Cc4ccccc4)c(=O)c4ccccc34)sc2c1. The van der Waals surface area contributed by atoms with E-state index in [2.05, 4.69) is 15.4 Å². The lowest BCUT2D eigenvalue weighted by Gasteiger charge is -2.10. The third kappa shape index (κ3) is 3.71. The monoisotopic (exact) mass is 426 g/mol. The summed E-state index contributed by atoms with van der Waals surface area (Å²) in [5.41, 5.74) is 2.86. The van der Waals surface area contributed by atoms with Crippen LogP contribution in [-0.4, -0.2) is 20.7 Å². The molecule has 1 amide bonds. The smallest absolute Gasteiger partial charge is 0.278 e. The molecule has 0 aliphatic heterocycles. The Bertz CT molecular complexity index is 1490. The lowest BCUT2D eigenvalue weighted by molar-refractivity contribution is 0.102. The van der Waals surface area contributed by atoms with Gasteiger partial charge < -0.3 is 0 Å². The highest BCUT2D eigenvalue weighted by Crippen LogP contribution is 2.27. The topological polar surface area (TPSA) is 76.9 Å². The van der Waals surface area contributed by atoms with Crippen molar-refractivity contribution in [3.8, 4) is 0 Å². The lowest BCUT2D eigenvalue weighted by atomic mass is 10.1. The fraction of sp³-hybridized carbons (Fsp3) is 0.0833. The number of nitrogens with one attached hydrogen (secondary N) is 1. The van der Waals surface area contributed by atoms with E-state index >= 15 is 0 Å². The summed E-state index contributed by atoms with van der Waals surface area (Å²) in [6.45, 7) is 2.30. The molecule has 152 valence electrons. The molecule has 0 saturated heterocycles. The number of rotatable bonds is 4. The average molecular weight is 427 g/mol. The Morgan fingerprint density at radius 3 is 2.55 bits per heavy atom. The van der Waals surface area contributed by atoms with Gasteiger partial charge in [0.15, 0.2) is 10.8 Å². The van der Waals surface area contributed by atoms with Crippen molar-refractivity contribution in [1.29, 1.82) is 0 Å². The van der Waals surface area contributed by atoms with Gasteiger partial charge in [-0.25, -0.2) is 9.67 Å². The second kappa shape index (κ2) is 7.77. The van der Waals surface area contributed by atoms with E-state index in [1.807, 2.05) is 55.5 Å². The maximum atomic E-state index is 13.2. The molecule has 0 unspecified atom stereocenters. The van der Waals surface area contributed by atoms with Crippen molar-refractivity contribution in [2.45, 2.75) is 13.5 Å². The second-order valence-corrected chi connectivity index (χ2v) is 8.32. The van der Waals surface area contributed by atoms with Crippen LogP contribution in [0.5, 0.6) is 0 Å². The summed E-state index contributed by atoms with van der Waals surface area (Å²) in [6.07, 6.45) is 0. The summed E-state index contributed by atoms with van der Waals surface area (Å²) >= 11 is 1.41. The van der Waals surface area contributed by atoms with E-state index < -0.39 is 5.91 Å². The molecule has 0 bridgehead atoms. The number of amides is 1. The molecule has 0 aliphatic carbocycles. The number of thiazole rings is 1. The zero-order valence-corrected chi connectivity index (χ0v) is 17.5. The first-order chi connectivity index (χ1) is 15.1. The number of carbonyl (C=O) groups excluding carboxylic acids is 1. The molecule has 2 heterocycles. The molecule has 5 rings (SSSR count). The van der Waals surface area contributed by atoms with Crippen LogP contribution < -0.4 is 10.9 Å². The first-order valence-electron chi connectivity index (χ1n) is 9.81. The quantitative estimate of drug-likeness (QED) is 0.455. The van der Waals surface area contributed by atoms with Crippen LogP contribution in [0.25, 0.3) is 21.0 Å². The Morgan fingerprint density at radius 2 is 1.74 bits per heavy atom. The maximum absolute atomic E-state index is 13.2. The van der Waals surface area contributed by atoms with Gasteiger partial charge in [-0.2, -0.15) is 5.10 Å². The zero-order valence-electron chi connectivity index (χ0n) is 16.7. The first-order valence-corrected chi connectivity index (χ1v) is 10.6. The minimum Gasteiger partial charge on any atom is -0.296 e. The third-order valence-corrected chi connectivity index (χ3v) is 5.96. The highest BCUT2D eigenvalue weighted by Gasteiger charge is 2.18. The standard InChI is InChI=1S/C24H18N4O2S/c1-15-11-12-19-20(13-15)31-24(25-19)26-22(29)21-17-9-5-6-10-18(17)23(30)28(27-21)14-16-7-3-2-4-8-16/h2-13H,14H2,1H3,(H,25,26,29). The second-order valence-electron chi connectivity index (χ2n) is 7.29. The van der Waals surface area contributed by atoms with Crippen LogP contribution >= 0.6 is 11.3 Å². The van der Waals surface area contributed by atoms with Gasteiger partial charge in [-0.05, 0) is 36.2 Å². The van der Waals surface area contributed by atoms with Crippen molar-refractivity contribution in [2.24, 2.45) is 0 Å². The summed E-state index contributed by atoms with van der Waals surface area (Å²) in [7, 11) is 0. The largest absolute Gasteiger partial charge is 0.296 e. The number of hydrogen-bond donors (Lipinski definition) is 1. The summed E-state index contributed by atoms with van der Waals surface area (Å²) < 4.78 is 2.34. The molecule has 6 nitrogen and oxygen atoms in total. The van der Waals surface area contributed by atoms with Crippen molar-refractivity contribution < 1.29 is 4.79 Å². The van der Waals surface area contributed by atoms with Crippen LogP contribution in [0.3, 0.4) is 0 Å². The minimum atomic E-state index is -0.395. The maximum Gasteiger partial charge on any atom is 0.278 e. The molecule has 1 N–H and O–H groups in total. The Kier molecular flexibility index (Phi) is 4.80. The molecule has 31 heavy (non-hydrogen) atoms. The first kappa shape index (κ1) is 19.1. The van der Waals surface area contributed by atoms with Crippen molar-refractivity contribution in [3.05, 3.63) is 100.0 Å². The Balaban J connectivity index is 1.56. The fourth-order valence-corrected chi connectivity index (χ4v) is 4.47. The Labute approximate surface area is 181 Å². The fourth-order valence-electron chi connectivity index (χ4n) is 3.51. The molecular formula is C24H18N4O2S. The van der Waals surface area contributed by atoms with E-state index in [4.69, 9.17) is 0 Å². The molecule has 0 spiro atoms.